The number of fused-ring (bicyclic) bond motifs is 1. The molecule has 0 spiro atoms. The Kier molecular flexibility index (Phi) is 3.39. The molecule has 0 fully saturated rings. The first-order valence-corrected chi connectivity index (χ1v) is 8.29. The van der Waals surface area contributed by atoms with Gasteiger partial charge in [-0.25, -0.2) is 9.97 Å². The van der Waals surface area contributed by atoms with E-state index in [2.05, 4.69) is 20.1 Å². The average Bonchev–Trinajstić information content (AvgIpc) is 3.27. The van der Waals surface area contributed by atoms with E-state index in [4.69, 9.17) is 8.94 Å². The molecule has 6 nitrogen and oxygen atoms in total. The Labute approximate surface area is 133 Å². The normalized spacial score (nSPS) is 12.8. The van der Waals surface area contributed by atoms with Crippen LogP contribution >= 0.6 is 23.1 Å². The van der Waals surface area contributed by atoms with E-state index in [1.54, 1.807) is 47.8 Å². The molecule has 0 aliphatic carbocycles. The fourth-order valence-electron chi connectivity index (χ4n) is 1.99. The van der Waals surface area contributed by atoms with Crippen LogP contribution in [0.2, 0.25) is 0 Å². The van der Waals surface area contributed by atoms with Gasteiger partial charge in [0.05, 0.1) is 11.5 Å². The molecule has 0 aromatic carbocycles. The van der Waals surface area contributed by atoms with Gasteiger partial charge in [0.2, 0.25) is 11.7 Å². The highest BCUT2D eigenvalue weighted by atomic mass is 32.2. The van der Waals surface area contributed by atoms with Gasteiger partial charge in [-0.15, -0.1) is 11.3 Å². The molecule has 1 atom stereocenters. The second-order valence-electron chi connectivity index (χ2n) is 4.51. The summed E-state index contributed by atoms with van der Waals surface area (Å²) in [7, 11) is 0. The lowest BCUT2D eigenvalue weighted by atomic mass is 10.4. The van der Waals surface area contributed by atoms with Crippen molar-refractivity contribution in [3.63, 3.8) is 0 Å². The Hall–Kier alpha value is -2.19. The fraction of sp³-hybridized carbons (Fsp3) is 0.143. The van der Waals surface area contributed by atoms with E-state index in [1.165, 1.54) is 0 Å². The second kappa shape index (κ2) is 5.54. The summed E-state index contributed by atoms with van der Waals surface area (Å²) >= 11 is 3.17. The van der Waals surface area contributed by atoms with Crippen LogP contribution in [0, 0.1) is 0 Å². The van der Waals surface area contributed by atoms with Gasteiger partial charge in [0, 0.05) is 5.39 Å². The average molecular weight is 330 g/mol. The van der Waals surface area contributed by atoms with Crippen molar-refractivity contribution in [1.82, 2.24) is 20.1 Å². The Morgan fingerprint density at radius 2 is 2.23 bits per heavy atom. The van der Waals surface area contributed by atoms with Crippen LogP contribution in [-0.2, 0) is 0 Å². The van der Waals surface area contributed by atoms with E-state index in [0.29, 0.717) is 17.5 Å². The van der Waals surface area contributed by atoms with Crippen molar-refractivity contribution in [1.29, 1.82) is 0 Å². The standard InChI is InChI=1S/C14H10N4O2S2/c1-8(12-17-11(18-20-12)10-3-2-5-19-10)22-14-9-4-6-21-13(9)15-7-16-14/h2-8H,1H3/t8-/m1/s1. The molecule has 110 valence electrons. The van der Waals surface area contributed by atoms with Crippen LogP contribution < -0.4 is 0 Å². The van der Waals surface area contributed by atoms with Gasteiger partial charge < -0.3 is 8.94 Å². The molecule has 4 aromatic rings. The quantitative estimate of drug-likeness (QED) is 0.410. The molecule has 22 heavy (non-hydrogen) atoms. The molecule has 0 saturated heterocycles. The van der Waals surface area contributed by atoms with Crippen LogP contribution in [0.4, 0.5) is 0 Å². The summed E-state index contributed by atoms with van der Waals surface area (Å²) in [4.78, 5) is 14.0. The molecule has 0 unspecified atom stereocenters. The number of thiophene rings is 1. The predicted octanol–water partition coefficient (Wildman–Crippen LogP) is 4.19. The van der Waals surface area contributed by atoms with Crippen LogP contribution in [0.25, 0.3) is 21.8 Å². The third-order valence-electron chi connectivity index (χ3n) is 3.04. The number of rotatable bonds is 4. The summed E-state index contributed by atoms with van der Waals surface area (Å²) in [6.07, 6.45) is 3.16. The lowest BCUT2D eigenvalue weighted by molar-refractivity contribution is 0.379. The maximum absolute atomic E-state index is 5.33. The van der Waals surface area contributed by atoms with E-state index < -0.39 is 0 Å². The smallest absolute Gasteiger partial charge is 0.240 e. The van der Waals surface area contributed by atoms with Crippen molar-refractivity contribution in [2.24, 2.45) is 0 Å². The van der Waals surface area contributed by atoms with Crippen molar-refractivity contribution < 1.29 is 8.94 Å². The maximum atomic E-state index is 5.33. The molecule has 8 heteroatoms. The lowest BCUT2D eigenvalue weighted by Gasteiger charge is -2.05. The van der Waals surface area contributed by atoms with E-state index in [-0.39, 0.29) is 5.25 Å². The molecule has 0 radical (unpaired) electrons. The molecule has 0 aliphatic heterocycles. The van der Waals surface area contributed by atoms with Crippen molar-refractivity contribution in [3.05, 3.63) is 42.1 Å². The van der Waals surface area contributed by atoms with Crippen LogP contribution in [0.5, 0.6) is 0 Å². The molecule has 4 rings (SSSR count). The molecule has 0 saturated carbocycles. The van der Waals surface area contributed by atoms with Gasteiger partial charge in [0.1, 0.15) is 16.2 Å². The summed E-state index contributed by atoms with van der Waals surface area (Å²) in [5.74, 6) is 1.59. The SMILES string of the molecule is C[C@@H](Sc1ncnc2sccc12)c1nc(-c2ccco2)no1. The van der Waals surface area contributed by atoms with E-state index in [1.807, 2.05) is 18.4 Å². The molecular weight excluding hydrogens is 320 g/mol. The van der Waals surface area contributed by atoms with Gasteiger partial charge in [0.25, 0.3) is 0 Å². The van der Waals surface area contributed by atoms with Crippen LogP contribution in [0.15, 0.2) is 50.1 Å². The van der Waals surface area contributed by atoms with Crippen LogP contribution in [-0.4, -0.2) is 20.1 Å². The summed E-state index contributed by atoms with van der Waals surface area (Å²) in [6, 6.07) is 5.61. The van der Waals surface area contributed by atoms with Crippen molar-refractivity contribution >= 4 is 33.3 Å². The summed E-state index contributed by atoms with van der Waals surface area (Å²) in [5.41, 5.74) is 0. The zero-order valence-electron chi connectivity index (χ0n) is 11.5. The highest BCUT2D eigenvalue weighted by Crippen LogP contribution is 2.37. The second-order valence-corrected chi connectivity index (χ2v) is 6.74. The third-order valence-corrected chi connectivity index (χ3v) is 4.97. The minimum Gasteiger partial charge on any atom is -0.461 e. The number of hydrogen-bond donors (Lipinski definition) is 0. The van der Waals surface area contributed by atoms with Crippen LogP contribution in [0.3, 0.4) is 0 Å². The lowest BCUT2D eigenvalue weighted by Crippen LogP contribution is -1.91. The first-order valence-electron chi connectivity index (χ1n) is 6.53. The number of nitrogens with zero attached hydrogens (tertiary/aromatic N) is 4. The van der Waals surface area contributed by atoms with Crippen molar-refractivity contribution in [2.75, 3.05) is 0 Å². The molecule has 4 heterocycles. The van der Waals surface area contributed by atoms with Crippen molar-refractivity contribution in [3.8, 4) is 11.6 Å². The summed E-state index contributed by atoms with van der Waals surface area (Å²) < 4.78 is 10.6. The van der Waals surface area contributed by atoms with E-state index in [9.17, 15) is 0 Å². The van der Waals surface area contributed by atoms with Gasteiger partial charge in [-0.3, -0.25) is 0 Å². The monoisotopic (exact) mass is 330 g/mol. The number of furan rings is 1. The number of aromatic nitrogens is 4. The maximum Gasteiger partial charge on any atom is 0.240 e. The molecular formula is C14H10N4O2S2. The van der Waals surface area contributed by atoms with E-state index in [0.717, 1.165) is 15.2 Å². The zero-order chi connectivity index (χ0) is 14.9. The minimum atomic E-state index is -0.0192. The largest absolute Gasteiger partial charge is 0.461 e. The first kappa shape index (κ1) is 13.5. The fourth-order valence-corrected chi connectivity index (χ4v) is 3.71. The van der Waals surface area contributed by atoms with Gasteiger partial charge in [-0.2, -0.15) is 4.98 Å². The predicted molar refractivity (Wildman–Crippen MR) is 83.7 cm³/mol. The molecule has 0 N–H and O–H groups in total. The zero-order valence-corrected chi connectivity index (χ0v) is 13.1. The van der Waals surface area contributed by atoms with Crippen LogP contribution in [0.1, 0.15) is 18.1 Å². The van der Waals surface area contributed by atoms with Gasteiger partial charge in [0.15, 0.2) is 5.76 Å². The highest BCUT2D eigenvalue weighted by molar-refractivity contribution is 7.99. The highest BCUT2D eigenvalue weighted by Gasteiger charge is 2.19. The molecule has 0 bridgehead atoms. The molecule has 4 aromatic heterocycles. The molecule has 0 aliphatic rings. The Morgan fingerprint density at radius 3 is 3.09 bits per heavy atom. The topological polar surface area (TPSA) is 77.8 Å². The van der Waals surface area contributed by atoms with E-state index >= 15 is 0 Å². The Balaban J connectivity index is 1.60. The first-order chi connectivity index (χ1) is 10.8. The Morgan fingerprint density at radius 1 is 1.27 bits per heavy atom. The van der Waals surface area contributed by atoms with Crippen molar-refractivity contribution in [2.45, 2.75) is 17.2 Å². The van der Waals surface area contributed by atoms with Gasteiger partial charge >= 0.3 is 0 Å². The summed E-state index contributed by atoms with van der Waals surface area (Å²) in [5, 5.41) is 7.90. The third kappa shape index (κ3) is 2.40. The van der Waals surface area contributed by atoms with Gasteiger partial charge in [-0.05, 0) is 30.5 Å². The number of hydrogen-bond acceptors (Lipinski definition) is 8. The van der Waals surface area contributed by atoms with Gasteiger partial charge in [-0.1, -0.05) is 16.9 Å². The molecule has 0 amide bonds. The Bertz CT molecular complexity index is 901. The summed E-state index contributed by atoms with van der Waals surface area (Å²) in [6.45, 7) is 2.00. The minimum absolute atomic E-state index is 0.0192. The number of thioether (sulfide) groups is 1.